The summed E-state index contributed by atoms with van der Waals surface area (Å²) in [5.41, 5.74) is 5.16. The average Bonchev–Trinajstić information content (AvgIpc) is 2.68. The van der Waals surface area contributed by atoms with Gasteiger partial charge in [-0.2, -0.15) is 0 Å². The van der Waals surface area contributed by atoms with E-state index in [9.17, 15) is 9.46 Å². The molecule has 0 radical (unpaired) electrons. The van der Waals surface area contributed by atoms with Crippen LogP contribution >= 0.6 is 7.82 Å². The Labute approximate surface area is 172 Å². The van der Waals surface area contributed by atoms with Crippen molar-refractivity contribution in [3.05, 3.63) is 0 Å². The van der Waals surface area contributed by atoms with Gasteiger partial charge >= 0.3 is 0 Å². The summed E-state index contributed by atoms with van der Waals surface area (Å²) in [5, 5.41) is 0. The molecule has 0 bridgehead atoms. The van der Waals surface area contributed by atoms with E-state index < -0.39 is 7.82 Å². The van der Waals surface area contributed by atoms with Crippen molar-refractivity contribution in [3.8, 4) is 0 Å². The van der Waals surface area contributed by atoms with Gasteiger partial charge in [0.1, 0.15) is 0 Å². The van der Waals surface area contributed by atoms with Gasteiger partial charge < -0.3 is 29.1 Å². The van der Waals surface area contributed by atoms with Crippen LogP contribution in [0.15, 0.2) is 0 Å². The van der Waals surface area contributed by atoms with Crippen LogP contribution in [0.25, 0.3) is 0 Å². The summed E-state index contributed by atoms with van der Waals surface area (Å²) < 4.78 is 31.1. The molecule has 0 amide bonds. The summed E-state index contributed by atoms with van der Waals surface area (Å²) in [6.07, 6.45) is 16.0. The van der Waals surface area contributed by atoms with E-state index in [0.717, 1.165) is 13.0 Å². The van der Waals surface area contributed by atoms with E-state index in [-0.39, 0.29) is 26.4 Å². The fourth-order valence-electron chi connectivity index (χ4n) is 2.78. The second-order valence-corrected chi connectivity index (χ2v) is 8.43. The van der Waals surface area contributed by atoms with Crippen molar-refractivity contribution in [1.29, 1.82) is 0 Å². The van der Waals surface area contributed by atoms with E-state index in [1.54, 1.807) is 0 Å². The monoisotopic (exact) mass is 424 g/mol. The highest BCUT2D eigenvalue weighted by Gasteiger charge is 2.07. The van der Waals surface area contributed by atoms with Crippen LogP contribution in [-0.4, -0.2) is 46.2 Å². The number of phosphoric ester groups is 1. The molecule has 0 spiro atoms. The minimum absolute atomic E-state index is 0.0654. The molecule has 0 aliphatic carbocycles. The highest BCUT2D eigenvalue weighted by atomic mass is 31.2. The third kappa shape index (κ3) is 22.3. The molecule has 0 aromatic rings. The van der Waals surface area contributed by atoms with E-state index in [1.165, 1.54) is 70.6 Å². The quantitative estimate of drug-likeness (QED) is 0.194. The number of unbranched alkanes of at least 4 members (excludes halogenated alkanes) is 11. The van der Waals surface area contributed by atoms with Gasteiger partial charge in [0.15, 0.2) is 0 Å². The first kappa shape index (κ1) is 28.0. The van der Waals surface area contributed by atoms with Crippen LogP contribution in [0, 0.1) is 0 Å². The number of hydrogen-bond donors (Lipinski definition) is 1. The molecule has 2 N–H and O–H groups in total. The first-order valence-electron chi connectivity index (χ1n) is 11.1. The summed E-state index contributed by atoms with van der Waals surface area (Å²) >= 11 is 0. The summed E-state index contributed by atoms with van der Waals surface area (Å²) in [6, 6.07) is 0. The fraction of sp³-hybridized carbons (Fsp3) is 1.00. The van der Waals surface area contributed by atoms with Crippen LogP contribution in [0.5, 0.6) is 0 Å². The molecule has 1 atom stereocenters. The molecule has 0 aliphatic rings. The smallest absolute Gasteiger partial charge is 0.267 e. The second kappa shape index (κ2) is 21.7. The average molecular weight is 425 g/mol. The maximum Gasteiger partial charge on any atom is 0.267 e. The van der Waals surface area contributed by atoms with E-state index in [4.69, 9.17) is 15.2 Å². The zero-order valence-electron chi connectivity index (χ0n) is 17.9. The Morgan fingerprint density at radius 3 is 1.61 bits per heavy atom. The minimum Gasteiger partial charge on any atom is -0.756 e. The van der Waals surface area contributed by atoms with Gasteiger partial charge in [0.2, 0.25) is 0 Å². The molecular formula is C20H43NO6P-. The number of hydrogen-bond acceptors (Lipinski definition) is 7. The molecule has 0 saturated heterocycles. The van der Waals surface area contributed by atoms with Crippen molar-refractivity contribution in [2.75, 3.05) is 46.2 Å². The number of rotatable bonds is 23. The van der Waals surface area contributed by atoms with Gasteiger partial charge in [-0.05, 0) is 6.42 Å². The van der Waals surface area contributed by atoms with Crippen LogP contribution in [0.1, 0.15) is 84.0 Å². The zero-order chi connectivity index (χ0) is 20.8. The number of ether oxygens (including phenoxy) is 2. The largest absolute Gasteiger partial charge is 0.756 e. The lowest BCUT2D eigenvalue weighted by Crippen LogP contribution is -2.16. The lowest BCUT2D eigenvalue weighted by Gasteiger charge is -2.22. The maximum absolute atomic E-state index is 11.2. The molecule has 28 heavy (non-hydrogen) atoms. The highest BCUT2D eigenvalue weighted by Crippen LogP contribution is 2.37. The van der Waals surface area contributed by atoms with Gasteiger partial charge in [0.25, 0.3) is 7.82 Å². The number of nitrogens with two attached hydrogens (primary N) is 1. The minimum atomic E-state index is -4.24. The predicted octanol–water partition coefficient (Wildman–Crippen LogP) is 4.18. The van der Waals surface area contributed by atoms with Gasteiger partial charge in [-0.25, -0.2) is 0 Å². The molecule has 0 fully saturated rings. The molecule has 170 valence electrons. The Kier molecular flexibility index (Phi) is 21.7. The third-order valence-corrected chi connectivity index (χ3v) is 5.36. The summed E-state index contributed by atoms with van der Waals surface area (Å²) in [5.74, 6) is 0. The van der Waals surface area contributed by atoms with E-state index >= 15 is 0 Å². The number of phosphoric acid groups is 1. The van der Waals surface area contributed by atoms with Crippen molar-refractivity contribution in [2.45, 2.75) is 84.0 Å². The molecule has 0 saturated carbocycles. The fourth-order valence-corrected chi connectivity index (χ4v) is 3.48. The summed E-state index contributed by atoms with van der Waals surface area (Å²) in [6.45, 7) is 4.11. The SMILES string of the molecule is CCCCCCCCCCCCCCOCCOCCOP(=O)([O-])OCCN. The first-order valence-corrected chi connectivity index (χ1v) is 12.5. The Morgan fingerprint density at radius 2 is 1.07 bits per heavy atom. The standard InChI is InChI=1S/C20H44NO6P/c1-2-3-4-5-6-7-8-9-10-11-12-13-15-24-17-18-25-19-20-27-28(22,23)26-16-14-21/h2-21H2,1H3,(H,22,23)/p-1. The van der Waals surface area contributed by atoms with Gasteiger partial charge in [-0.3, -0.25) is 4.57 Å². The van der Waals surface area contributed by atoms with Crippen LogP contribution in [-0.2, 0) is 23.1 Å². The van der Waals surface area contributed by atoms with E-state index in [1.807, 2.05) is 0 Å². The van der Waals surface area contributed by atoms with Crippen LogP contribution in [0.3, 0.4) is 0 Å². The van der Waals surface area contributed by atoms with Crippen molar-refractivity contribution in [3.63, 3.8) is 0 Å². The van der Waals surface area contributed by atoms with Crippen molar-refractivity contribution in [2.24, 2.45) is 5.73 Å². The normalized spacial score (nSPS) is 13.7. The van der Waals surface area contributed by atoms with Gasteiger partial charge in [0.05, 0.1) is 33.0 Å². The molecule has 7 nitrogen and oxygen atoms in total. The molecule has 0 rings (SSSR count). The Morgan fingerprint density at radius 1 is 0.643 bits per heavy atom. The summed E-state index contributed by atoms with van der Waals surface area (Å²) in [4.78, 5) is 11.2. The van der Waals surface area contributed by atoms with Crippen LogP contribution < -0.4 is 10.6 Å². The van der Waals surface area contributed by atoms with Crippen molar-refractivity contribution in [1.82, 2.24) is 0 Å². The molecule has 1 unspecified atom stereocenters. The van der Waals surface area contributed by atoms with E-state index in [0.29, 0.717) is 13.2 Å². The van der Waals surface area contributed by atoms with Crippen molar-refractivity contribution < 1.29 is 28.0 Å². The first-order chi connectivity index (χ1) is 13.6. The lowest BCUT2D eigenvalue weighted by molar-refractivity contribution is -0.226. The molecule has 0 aromatic carbocycles. The van der Waals surface area contributed by atoms with Gasteiger partial charge in [-0.1, -0.05) is 77.6 Å². The summed E-state index contributed by atoms with van der Waals surface area (Å²) in [7, 11) is -4.24. The Balaban J connectivity index is 3.13. The maximum atomic E-state index is 11.2. The molecule has 0 aliphatic heterocycles. The van der Waals surface area contributed by atoms with Crippen LogP contribution in [0.2, 0.25) is 0 Å². The second-order valence-electron chi connectivity index (χ2n) is 7.02. The Hall–Kier alpha value is -0.0100. The molecular weight excluding hydrogens is 381 g/mol. The lowest BCUT2D eigenvalue weighted by atomic mass is 10.1. The molecule has 0 aromatic heterocycles. The molecule has 8 heteroatoms. The van der Waals surface area contributed by atoms with Gasteiger partial charge in [-0.15, -0.1) is 0 Å². The van der Waals surface area contributed by atoms with Crippen LogP contribution in [0.4, 0.5) is 0 Å². The van der Waals surface area contributed by atoms with E-state index in [2.05, 4.69) is 16.0 Å². The third-order valence-electron chi connectivity index (χ3n) is 4.36. The molecule has 0 heterocycles. The topological polar surface area (TPSA) is 103 Å². The zero-order valence-corrected chi connectivity index (χ0v) is 18.8. The highest BCUT2D eigenvalue weighted by molar-refractivity contribution is 7.45. The van der Waals surface area contributed by atoms with Crippen molar-refractivity contribution >= 4 is 7.82 Å². The predicted molar refractivity (Wildman–Crippen MR) is 111 cm³/mol. The Bertz CT molecular complexity index is 360. The van der Waals surface area contributed by atoms with Gasteiger partial charge in [0, 0.05) is 13.2 Å².